The minimum atomic E-state index is -0.642. The van der Waals surface area contributed by atoms with Crippen LogP contribution in [0.2, 0.25) is 0 Å². The predicted octanol–water partition coefficient (Wildman–Crippen LogP) is 4.68. The van der Waals surface area contributed by atoms with Crippen molar-refractivity contribution in [1.82, 2.24) is 4.98 Å². The smallest absolute Gasteiger partial charge is 0.309 e. The molecule has 0 aliphatic heterocycles. The zero-order valence-electron chi connectivity index (χ0n) is 18.5. The molecule has 0 aliphatic rings. The molecule has 0 spiro atoms. The molecule has 0 unspecified atom stereocenters. The number of nitrogens with zero attached hydrogens (tertiary/aromatic N) is 1. The number of carbonyl (C=O) groups is 2. The molecule has 1 aromatic carbocycles. The lowest BCUT2D eigenvalue weighted by Crippen LogP contribution is -2.30. The number of methoxy groups -OCH3 is 1. The van der Waals surface area contributed by atoms with Crippen molar-refractivity contribution in [2.45, 2.75) is 53.1 Å². The van der Waals surface area contributed by atoms with Gasteiger partial charge in [-0.1, -0.05) is 45.0 Å². The summed E-state index contributed by atoms with van der Waals surface area (Å²) in [6, 6.07) is 9.48. The first-order chi connectivity index (χ1) is 14.2. The topological polar surface area (TPSA) is 85.7 Å². The van der Waals surface area contributed by atoms with E-state index in [1.165, 1.54) is 19.4 Å². The van der Waals surface area contributed by atoms with Crippen molar-refractivity contribution in [2.75, 3.05) is 7.11 Å². The molecule has 0 amide bonds. The van der Waals surface area contributed by atoms with Gasteiger partial charge in [0, 0.05) is 24.6 Å². The molecule has 0 radical (unpaired) electrons. The number of Topliss-reactive ketones (excluding diaryl/α,β-unsaturated/α-hetero) is 1. The first-order valence-electron chi connectivity index (χ1n) is 10.2. The van der Waals surface area contributed by atoms with E-state index in [1.54, 1.807) is 0 Å². The summed E-state index contributed by atoms with van der Waals surface area (Å²) in [6.45, 7) is 9.66. The highest BCUT2D eigenvalue weighted by atomic mass is 16.5. The van der Waals surface area contributed by atoms with Crippen LogP contribution >= 0.6 is 0 Å². The number of ketones is 1. The Kier molecular flexibility index (Phi) is 7.98. The lowest BCUT2D eigenvalue weighted by molar-refractivity contribution is -0.155. The number of aromatic nitrogens is 1. The van der Waals surface area contributed by atoms with E-state index in [0.29, 0.717) is 0 Å². The fraction of sp³-hybridized carbons (Fsp3) is 0.458. The first kappa shape index (κ1) is 23.4. The summed E-state index contributed by atoms with van der Waals surface area (Å²) in [5.74, 6) is -1.75. The van der Waals surface area contributed by atoms with Crippen molar-refractivity contribution in [3.63, 3.8) is 0 Å². The second-order valence-corrected chi connectivity index (χ2v) is 7.98. The Morgan fingerprint density at radius 2 is 1.77 bits per heavy atom. The minimum absolute atomic E-state index is 0.0164. The maximum absolute atomic E-state index is 12.9. The van der Waals surface area contributed by atoms with Gasteiger partial charge in [-0.05, 0) is 30.9 Å². The molecule has 0 aliphatic carbocycles. The highest BCUT2D eigenvalue weighted by Gasteiger charge is 2.31. The fourth-order valence-electron chi connectivity index (χ4n) is 3.42. The molecular formula is C24H31NO5. The highest BCUT2D eigenvalue weighted by Crippen LogP contribution is 2.31. The van der Waals surface area contributed by atoms with Crippen molar-refractivity contribution < 1.29 is 24.2 Å². The van der Waals surface area contributed by atoms with Gasteiger partial charge < -0.3 is 14.6 Å². The molecule has 30 heavy (non-hydrogen) atoms. The maximum atomic E-state index is 12.9. The van der Waals surface area contributed by atoms with E-state index in [2.05, 4.69) is 4.98 Å². The Balaban J connectivity index is 2.13. The van der Waals surface area contributed by atoms with Crippen LogP contribution in [0, 0.1) is 18.8 Å². The lowest BCUT2D eigenvalue weighted by atomic mass is 9.89. The average Bonchev–Trinajstić information content (AvgIpc) is 2.71. The third-order valence-electron chi connectivity index (χ3n) is 5.57. The molecule has 6 heteroatoms. The molecule has 1 aromatic heterocycles. The molecule has 0 bridgehead atoms. The van der Waals surface area contributed by atoms with Gasteiger partial charge in [0.2, 0.25) is 0 Å². The van der Waals surface area contributed by atoms with Gasteiger partial charge in [0.15, 0.2) is 23.0 Å². The molecule has 0 saturated carbocycles. The molecule has 2 rings (SSSR count). The summed E-state index contributed by atoms with van der Waals surface area (Å²) in [5, 5.41) is 10.2. The Morgan fingerprint density at radius 1 is 1.10 bits per heavy atom. The Morgan fingerprint density at radius 3 is 2.37 bits per heavy atom. The van der Waals surface area contributed by atoms with Crippen molar-refractivity contribution in [1.29, 1.82) is 0 Å². The van der Waals surface area contributed by atoms with Crippen LogP contribution in [0.5, 0.6) is 11.5 Å². The number of aryl methyl sites for hydroxylation is 1. The van der Waals surface area contributed by atoms with E-state index in [1.807, 2.05) is 58.9 Å². The summed E-state index contributed by atoms with van der Waals surface area (Å²) in [5.41, 5.74) is 2.16. The molecule has 6 nitrogen and oxygen atoms in total. The average molecular weight is 414 g/mol. The Bertz CT molecular complexity index is 893. The summed E-state index contributed by atoms with van der Waals surface area (Å²) in [4.78, 5) is 29.6. The summed E-state index contributed by atoms with van der Waals surface area (Å²) in [6.07, 6.45) is 0.939. The molecule has 3 atom stereocenters. The van der Waals surface area contributed by atoms with Gasteiger partial charge in [0.05, 0.1) is 13.0 Å². The van der Waals surface area contributed by atoms with Crippen LogP contribution in [0.1, 0.15) is 61.6 Å². The molecular weight excluding hydrogens is 382 g/mol. The van der Waals surface area contributed by atoms with Crippen molar-refractivity contribution >= 4 is 11.8 Å². The standard InChI is InChI=1S/C24H31NO5/c1-14(2)19(13-20(26)22-23(27)21(29-6)11-12-25-22)24(28)30-17(5)16(4)18-10-8-7-9-15(18)3/h7-12,14,16-17,19,27H,13H2,1-6H3/t16-,17-,19+/m1/s1. The van der Waals surface area contributed by atoms with Crippen LogP contribution in [0.4, 0.5) is 0 Å². The number of esters is 1. The van der Waals surface area contributed by atoms with Crippen molar-refractivity contribution in [3.05, 3.63) is 53.3 Å². The van der Waals surface area contributed by atoms with Gasteiger partial charge >= 0.3 is 5.97 Å². The predicted molar refractivity (Wildman–Crippen MR) is 115 cm³/mol. The molecule has 0 fully saturated rings. The molecule has 162 valence electrons. The zero-order chi connectivity index (χ0) is 22.4. The largest absolute Gasteiger partial charge is 0.503 e. The zero-order valence-corrected chi connectivity index (χ0v) is 18.5. The second-order valence-electron chi connectivity index (χ2n) is 7.98. The maximum Gasteiger partial charge on any atom is 0.309 e. The van der Waals surface area contributed by atoms with Crippen molar-refractivity contribution in [2.24, 2.45) is 11.8 Å². The lowest BCUT2D eigenvalue weighted by Gasteiger charge is -2.26. The van der Waals surface area contributed by atoms with Crippen LogP contribution < -0.4 is 4.74 Å². The molecule has 1 heterocycles. The van der Waals surface area contributed by atoms with Crippen LogP contribution in [0.3, 0.4) is 0 Å². The first-order valence-corrected chi connectivity index (χ1v) is 10.2. The number of pyridine rings is 1. The Labute approximate surface area is 178 Å². The van der Waals surface area contributed by atoms with Gasteiger partial charge in [-0.2, -0.15) is 0 Å². The monoisotopic (exact) mass is 413 g/mol. The van der Waals surface area contributed by atoms with E-state index in [9.17, 15) is 14.7 Å². The number of aromatic hydroxyl groups is 1. The number of ether oxygens (including phenoxy) is 2. The third-order valence-corrected chi connectivity index (χ3v) is 5.57. The van der Waals surface area contributed by atoms with Gasteiger partial charge in [-0.3, -0.25) is 9.59 Å². The number of hydrogen-bond donors (Lipinski definition) is 1. The van der Waals surface area contributed by atoms with Crippen molar-refractivity contribution in [3.8, 4) is 11.5 Å². The minimum Gasteiger partial charge on any atom is -0.503 e. The fourth-order valence-corrected chi connectivity index (χ4v) is 3.42. The summed E-state index contributed by atoms with van der Waals surface area (Å²) >= 11 is 0. The third kappa shape index (κ3) is 5.38. The summed E-state index contributed by atoms with van der Waals surface area (Å²) in [7, 11) is 1.40. The van der Waals surface area contributed by atoms with Gasteiger partial charge in [0.1, 0.15) is 6.10 Å². The van der Waals surface area contributed by atoms with Crippen LogP contribution in [-0.2, 0) is 9.53 Å². The number of carbonyl (C=O) groups excluding carboxylic acids is 2. The van der Waals surface area contributed by atoms with Gasteiger partial charge in [0.25, 0.3) is 0 Å². The van der Waals surface area contributed by atoms with E-state index in [-0.39, 0.29) is 41.6 Å². The molecule has 2 aromatic rings. The van der Waals surface area contributed by atoms with Crippen LogP contribution in [-0.4, -0.2) is 35.1 Å². The quantitative estimate of drug-likeness (QED) is 0.474. The highest BCUT2D eigenvalue weighted by molar-refractivity contribution is 5.99. The van der Waals surface area contributed by atoms with E-state index < -0.39 is 17.7 Å². The van der Waals surface area contributed by atoms with E-state index in [4.69, 9.17) is 9.47 Å². The van der Waals surface area contributed by atoms with Gasteiger partial charge in [-0.15, -0.1) is 0 Å². The summed E-state index contributed by atoms with van der Waals surface area (Å²) < 4.78 is 10.8. The number of hydrogen-bond acceptors (Lipinski definition) is 6. The van der Waals surface area contributed by atoms with E-state index >= 15 is 0 Å². The Hall–Kier alpha value is -2.89. The van der Waals surface area contributed by atoms with Crippen LogP contribution in [0.25, 0.3) is 0 Å². The van der Waals surface area contributed by atoms with E-state index in [0.717, 1.165) is 11.1 Å². The normalized spacial score (nSPS) is 14.1. The second kappa shape index (κ2) is 10.2. The van der Waals surface area contributed by atoms with Crippen LogP contribution in [0.15, 0.2) is 36.5 Å². The molecule has 0 saturated heterocycles. The van der Waals surface area contributed by atoms with Gasteiger partial charge in [-0.25, -0.2) is 4.98 Å². The number of benzene rings is 1. The number of rotatable bonds is 9. The molecule has 1 N–H and O–H groups in total. The SMILES string of the molecule is COc1ccnc(C(=O)C[C@H](C(=O)O[C@H](C)[C@@H](C)c2ccccc2C)C(C)C)c1O.